The smallest absolute Gasteiger partial charge is 0.220 e. The van der Waals surface area contributed by atoms with Crippen LogP contribution in [-0.2, 0) is 4.79 Å². The Bertz CT molecular complexity index is 171. The highest BCUT2D eigenvalue weighted by Gasteiger charge is 2.16. The Hall–Kier alpha value is -0.570. The van der Waals surface area contributed by atoms with E-state index in [0.717, 1.165) is 12.8 Å². The van der Waals surface area contributed by atoms with Crippen LogP contribution in [0.1, 0.15) is 52.4 Å². The third-order valence-corrected chi connectivity index (χ3v) is 2.80. The van der Waals surface area contributed by atoms with Crippen LogP contribution in [0.15, 0.2) is 0 Å². The quantitative estimate of drug-likeness (QED) is 0.609. The molecule has 3 nitrogen and oxygen atoms in total. The van der Waals surface area contributed by atoms with Gasteiger partial charge in [-0.2, -0.15) is 0 Å². The van der Waals surface area contributed by atoms with Gasteiger partial charge in [0.05, 0.1) is 6.10 Å². The fourth-order valence-electron chi connectivity index (χ4n) is 1.60. The second-order valence-corrected chi connectivity index (χ2v) is 4.27. The van der Waals surface area contributed by atoms with Gasteiger partial charge in [-0.25, -0.2) is 0 Å². The van der Waals surface area contributed by atoms with E-state index in [1.165, 1.54) is 19.3 Å². The van der Waals surface area contributed by atoms with Crippen LogP contribution in [0.5, 0.6) is 0 Å². The Labute approximate surface area is 93.3 Å². The van der Waals surface area contributed by atoms with Crippen molar-refractivity contribution in [3.05, 3.63) is 0 Å². The molecule has 0 fully saturated rings. The summed E-state index contributed by atoms with van der Waals surface area (Å²) in [7, 11) is 1.63. The minimum Gasteiger partial charge on any atom is -0.393 e. The van der Waals surface area contributed by atoms with Crippen molar-refractivity contribution >= 4 is 5.91 Å². The molecule has 0 saturated heterocycles. The van der Waals surface area contributed by atoms with Crippen LogP contribution in [0.3, 0.4) is 0 Å². The molecule has 0 rings (SSSR count). The molecule has 0 aliphatic heterocycles. The first-order valence-corrected chi connectivity index (χ1v) is 6.00. The van der Waals surface area contributed by atoms with Gasteiger partial charge in [-0.1, -0.05) is 39.5 Å². The number of hydrogen-bond acceptors (Lipinski definition) is 2. The Morgan fingerprint density at radius 3 is 2.53 bits per heavy atom. The zero-order valence-electron chi connectivity index (χ0n) is 10.3. The van der Waals surface area contributed by atoms with Crippen molar-refractivity contribution in [1.29, 1.82) is 0 Å². The van der Waals surface area contributed by atoms with Crippen LogP contribution in [-0.4, -0.2) is 24.2 Å². The zero-order valence-corrected chi connectivity index (χ0v) is 10.3. The van der Waals surface area contributed by atoms with Gasteiger partial charge < -0.3 is 10.4 Å². The summed E-state index contributed by atoms with van der Waals surface area (Å²) in [6.07, 6.45) is 5.59. The number of rotatable bonds is 8. The number of nitrogens with one attached hydrogen (secondary N) is 1. The van der Waals surface area contributed by atoms with E-state index in [4.69, 9.17) is 0 Å². The third-order valence-electron chi connectivity index (χ3n) is 2.80. The van der Waals surface area contributed by atoms with Crippen molar-refractivity contribution in [3.8, 4) is 0 Å². The number of aliphatic hydroxyl groups is 1. The van der Waals surface area contributed by atoms with Crippen molar-refractivity contribution in [2.24, 2.45) is 5.92 Å². The molecule has 0 spiro atoms. The molecule has 0 aromatic carbocycles. The molecule has 0 saturated carbocycles. The lowest BCUT2D eigenvalue weighted by atomic mass is 9.95. The largest absolute Gasteiger partial charge is 0.393 e. The minimum atomic E-state index is -0.334. The summed E-state index contributed by atoms with van der Waals surface area (Å²) in [6, 6.07) is 0. The monoisotopic (exact) mass is 215 g/mol. The van der Waals surface area contributed by atoms with Crippen molar-refractivity contribution in [1.82, 2.24) is 5.32 Å². The Morgan fingerprint density at radius 1 is 1.33 bits per heavy atom. The molecule has 0 radical (unpaired) electrons. The van der Waals surface area contributed by atoms with Gasteiger partial charge in [-0.3, -0.25) is 4.79 Å². The minimum absolute atomic E-state index is 0.00936. The van der Waals surface area contributed by atoms with Gasteiger partial charge in [-0.15, -0.1) is 0 Å². The highest BCUT2D eigenvalue weighted by atomic mass is 16.3. The molecule has 3 heteroatoms. The number of carbonyl (C=O) groups excluding carboxylic acids is 1. The van der Waals surface area contributed by atoms with Gasteiger partial charge in [0.2, 0.25) is 5.91 Å². The normalized spacial score (nSPS) is 14.7. The van der Waals surface area contributed by atoms with Crippen molar-refractivity contribution in [3.63, 3.8) is 0 Å². The van der Waals surface area contributed by atoms with E-state index < -0.39 is 0 Å². The highest BCUT2D eigenvalue weighted by Crippen LogP contribution is 2.15. The Balaban J connectivity index is 3.59. The molecule has 0 aliphatic rings. The molecular weight excluding hydrogens is 190 g/mol. The number of amides is 1. The van der Waals surface area contributed by atoms with Crippen LogP contribution in [0.25, 0.3) is 0 Å². The maximum Gasteiger partial charge on any atom is 0.220 e. The van der Waals surface area contributed by atoms with Crippen molar-refractivity contribution < 1.29 is 9.90 Å². The molecule has 2 N–H and O–H groups in total. The van der Waals surface area contributed by atoms with E-state index in [2.05, 4.69) is 12.2 Å². The molecule has 0 aliphatic carbocycles. The average molecular weight is 215 g/mol. The summed E-state index contributed by atoms with van der Waals surface area (Å²) in [4.78, 5) is 11.1. The lowest BCUT2D eigenvalue weighted by molar-refractivity contribution is -0.122. The van der Waals surface area contributed by atoms with E-state index in [1.807, 2.05) is 6.92 Å². The number of hydrogen-bond donors (Lipinski definition) is 2. The first-order valence-electron chi connectivity index (χ1n) is 6.00. The highest BCUT2D eigenvalue weighted by molar-refractivity contribution is 5.75. The molecule has 0 bridgehead atoms. The van der Waals surface area contributed by atoms with Gasteiger partial charge in [0.25, 0.3) is 0 Å². The fourth-order valence-corrected chi connectivity index (χ4v) is 1.60. The fraction of sp³-hybridized carbons (Fsp3) is 0.917. The molecule has 90 valence electrons. The number of unbranched alkanes of at least 4 members (excludes halogenated alkanes) is 3. The molecule has 15 heavy (non-hydrogen) atoms. The first kappa shape index (κ1) is 14.4. The molecule has 0 aromatic rings. The lowest BCUT2D eigenvalue weighted by Gasteiger charge is -2.17. The maximum atomic E-state index is 11.1. The van der Waals surface area contributed by atoms with E-state index in [0.29, 0.717) is 6.42 Å². The molecule has 0 unspecified atom stereocenters. The summed E-state index contributed by atoms with van der Waals surface area (Å²) in [5.74, 6) is 0.0710. The van der Waals surface area contributed by atoms with E-state index in [9.17, 15) is 9.90 Å². The molecule has 0 aromatic heterocycles. The van der Waals surface area contributed by atoms with Crippen molar-refractivity contribution in [2.75, 3.05) is 7.05 Å². The Kier molecular flexibility index (Phi) is 8.38. The molecular formula is C12H25NO2. The van der Waals surface area contributed by atoms with Crippen LogP contribution in [0.4, 0.5) is 0 Å². The topological polar surface area (TPSA) is 49.3 Å². The standard InChI is InChI=1S/C12H25NO2/c1-4-5-6-7-8-11(14)10(2)9-12(15)13-3/h10-11,14H,4-9H2,1-3H3,(H,13,15)/t10-,11-/m1/s1. The summed E-state index contributed by atoms with van der Waals surface area (Å²) >= 11 is 0. The Morgan fingerprint density at radius 2 is 2.00 bits per heavy atom. The van der Waals surface area contributed by atoms with Gasteiger partial charge >= 0.3 is 0 Å². The number of carbonyl (C=O) groups is 1. The van der Waals surface area contributed by atoms with Gasteiger partial charge in [0.1, 0.15) is 0 Å². The average Bonchev–Trinajstić information content (AvgIpc) is 2.23. The van der Waals surface area contributed by atoms with Crippen LogP contribution < -0.4 is 5.32 Å². The second kappa shape index (κ2) is 8.72. The third kappa shape index (κ3) is 7.37. The predicted molar refractivity (Wildman–Crippen MR) is 62.6 cm³/mol. The molecule has 1 amide bonds. The molecule has 0 heterocycles. The summed E-state index contributed by atoms with van der Waals surface area (Å²) < 4.78 is 0. The zero-order chi connectivity index (χ0) is 11.7. The predicted octanol–water partition coefficient (Wildman–Crippen LogP) is 2.09. The summed E-state index contributed by atoms with van der Waals surface area (Å²) in [5.41, 5.74) is 0. The van der Waals surface area contributed by atoms with Crippen LogP contribution in [0, 0.1) is 5.92 Å². The summed E-state index contributed by atoms with van der Waals surface area (Å²) in [5, 5.41) is 12.4. The van der Waals surface area contributed by atoms with Gasteiger partial charge in [-0.05, 0) is 12.3 Å². The van der Waals surface area contributed by atoms with E-state index in [-0.39, 0.29) is 17.9 Å². The second-order valence-electron chi connectivity index (χ2n) is 4.27. The van der Waals surface area contributed by atoms with E-state index in [1.54, 1.807) is 7.05 Å². The SMILES string of the molecule is CCCCCC[C@@H](O)[C@H](C)CC(=O)NC. The number of aliphatic hydroxyl groups excluding tert-OH is 1. The van der Waals surface area contributed by atoms with Gasteiger partial charge in [0.15, 0.2) is 0 Å². The van der Waals surface area contributed by atoms with Crippen LogP contribution in [0.2, 0.25) is 0 Å². The van der Waals surface area contributed by atoms with E-state index >= 15 is 0 Å². The summed E-state index contributed by atoms with van der Waals surface area (Å²) in [6.45, 7) is 4.10. The van der Waals surface area contributed by atoms with Crippen molar-refractivity contribution in [2.45, 2.75) is 58.5 Å². The molecule has 2 atom stereocenters. The van der Waals surface area contributed by atoms with Crippen LogP contribution >= 0.6 is 0 Å². The lowest BCUT2D eigenvalue weighted by Crippen LogP contribution is -2.26. The first-order chi connectivity index (χ1) is 7.11. The maximum absolute atomic E-state index is 11.1. The van der Waals surface area contributed by atoms with Gasteiger partial charge in [0, 0.05) is 13.5 Å².